The van der Waals surface area contributed by atoms with Crippen molar-refractivity contribution in [3.05, 3.63) is 35.4 Å². The Bertz CT molecular complexity index is 827. The van der Waals surface area contributed by atoms with Crippen molar-refractivity contribution in [3.8, 4) is 0 Å². The largest absolute Gasteiger partial charge is 0.353 e. The summed E-state index contributed by atoms with van der Waals surface area (Å²) in [5.41, 5.74) is -0.0313. The average Bonchev–Trinajstić information content (AvgIpc) is 2.65. The molecule has 0 spiro atoms. The molecule has 1 aromatic rings. The van der Waals surface area contributed by atoms with Crippen LogP contribution in [0.1, 0.15) is 52.5 Å². The summed E-state index contributed by atoms with van der Waals surface area (Å²) >= 11 is 0. The van der Waals surface area contributed by atoms with Gasteiger partial charge in [-0.15, -0.1) is 0 Å². The maximum atomic E-state index is 14.2. The molecule has 8 heteroatoms. The summed E-state index contributed by atoms with van der Waals surface area (Å²) in [7, 11) is 1.79. The molecule has 3 rings (SSSR count). The molecule has 2 N–H and O–H groups in total. The fourth-order valence-corrected chi connectivity index (χ4v) is 5.12. The predicted molar refractivity (Wildman–Crippen MR) is 115 cm³/mol. The number of piperazine rings is 1. The van der Waals surface area contributed by atoms with E-state index in [9.17, 15) is 18.4 Å². The van der Waals surface area contributed by atoms with Crippen LogP contribution in [0.3, 0.4) is 0 Å². The third kappa shape index (κ3) is 5.60. The molecule has 2 fully saturated rings. The first kappa shape index (κ1) is 23.6. The molecule has 0 bridgehead atoms. The molecule has 0 aliphatic carbocycles. The number of carbonyl (C=O) groups is 2. The minimum atomic E-state index is -0.914. The summed E-state index contributed by atoms with van der Waals surface area (Å²) in [6, 6.07) is 3.37. The van der Waals surface area contributed by atoms with Gasteiger partial charge in [-0.1, -0.05) is 12.1 Å². The number of amides is 2. The van der Waals surface area contributed by atoms with Crippen molar-refractivity contribution in [2.75, 3.05) is 20.1 Å². The highest BCUT2D eigenvalue weighted by molar-refractivity contribution is 5.88. The van der Waals surface area contributed by atoms with Crippen molar-refractivity contribution in [2.24, 2.45) is 0 Å². The summed E-state index contributed by atoms with van der Waals surface area (Å²) < 4.78 is 27.8. The van der Waals surface area contributed by atoms with Gasteiger partial charge in [0.1, 0.15) is 0 Å². The highest BCUT2D eigenvalue weighted by atomic mass is 19.2. The van der Waals surface area contributed by atoms with Crippen molar-refractivity contribution >= 4 is 11.8 Å². The predicted octanol–water partition coefficient (Wildman–Crippen LogP) is 2.42. The van der Waals surface area contributed by atoms with Gasteiger partial charge in [-0.3, -0.25) is 14.5 Å². The van der Waals surface area contributed by atoms with Crippen molar-refractivity contribution in [3.63, 3.8) is 0 Å². The molecule has 1 aromatic carbocycles. The molecule has 172 valence electrons. The Morgan fingerprint density at radius 3 is 2.48 bits per heavy atom. The number of benzene rings is 1. The molecular weight excluding hydrogens is 402 g/mol. The van der Waals surface area contributed by atoms with Crippen LogP contribution in [0.4, 0.5) is 8.78 Å². The first-order valence-electron chi connectivity index (χ1n) is 10.9. The lowest BCUT2D eigenvalue weighted by Crippen LogP contribution is -2.63. The fraction of sp³-hybridized carbons (Fsp3) is 0.652. The highest BCUT2D eigenvalue weighted by Crippen LogP contribution is 2.31. The summed E-state index contributed by atoms with van der Waals surface area (Å²) in [5, 5.41) is 6.41. The van der Waals surface area contributed by atoms with Gasteiger partial charge < -0.3 is 15.5 Å². The van der Waals surface area contributed by atoms with Crippen molar-refractivity contribution in [2.45, 2.75) is 76.7 Å². The first-order valence-corrected chi connectivity index (χ1v) is 10.9. The van der Waals surface area contributed by atoms with Crippen molar-refractivity contribution in [1.82, 2.24) is 20.4 Å². The maximum absolute atomic E-state index is 14.2. The van der Waals surface area contributed by atoms with E-state index in [0.717, 1.165) is 18.9 Å². The number of hydrogen-bond donors (Lipinski definition) is 2. The van der Waals surface area contributed by atoms with E-state index in [1.54, 1.807) is 16.8 Å². The summed E-state index contributed by atoms with van der Waals surface area (Å²) in [4.78, 5) is 29.3. The second kappa shape index (κ2) is 8.82. The van der Waals surface area contributed by atoms with Gasteiger partial charge in [0, 0.05) is 49.4 Å². The molecule has 0 saturated carbocycles. The number of rotatable bonds is 5. The second-order valence-corrected chi connectivity index (χ2v) is 10.2. The first-order chi connectivity index (χ1) is 14.4. The van der Waals surface area contributed by atoms with Crippen molar-refractivity contribution in [1.29, 1.82) is 0 Å². The summed E-state index contributed by atoms with van der Waals surface area (Å²) in [5.74, 6) is -2.20. The van der Waals surface area contributed by atoms with Crippen LogP contribution in [0, 0.1) is 11.6 Å². The van der Waals surface area contributed by atoms with E-state index in [-0.39, 0.29) is 47.5 Å². The van der Waals surface area contributed by atoms with Crippen LogP contribution in [0.15, 0.2) is 18.2 Å². The van der Waals surface area contributed by atoms with Gasteiger partial charge in [-0.25, -0.2) is 8.78 Å². The van der Waals surface area contributed by atoms with E-state index in [2.05, 4.69) is 38.3 Å². The number of hydrogen-bond acceptors (Lipinski definition) is 4. The van der Waals surface area contributed by atoms with E-state index in [1.165, 1.54) is 12.1 Å². The van der Waals surface area contributed by atoms with E-state index in [0.29, 0.717) is 13.1 Å². The Morgan fingerprint density at radius 1 is 1.19 bits per heavy atom. The number of nitrogens with zero attached hydrogens (tertiary/aromatic N) is 2. The normalized spacial score (nSPS) is 24.0. The van der Waals surface area contributed by atoms with Crippen LogP contribution in [-0.2, 0) is 16.1 Å². The number of halogens is 2. The maximum Gasteiger partial charge on any atom is 0.237 e. The average molecular weight is 437 g/mol. The van der Waals surface area contributed by atoms with Crippen molar-refractivity contribution < 1.29 is 18.4 Å². The van der Waals surface area contributed by atoms with Gasteiger partial charge in [0.05, 0.1) is 12.5 Å². The minimum absolute atomic E-state index is 0.00402. The molecule has 0 aromatic heterocycles. The third-order valence-corrected chi connectivity index (χ3v) is 6.32. The topological polar surface area (TPSA) is 64.7 Å². The van der Waals surface area contributed by atoms with E-state index in [4.69, 9.17) is 0 Å². The van der Waals surface area contributed by atoms with Crippen LogP contribution >= 0.6 is 0 Å². The fourth-order valence-electron chi connectivity index (χ4n) is 5.12. The Morgan fingerprint density at radius 2 is 1.84 bits per heavy atom. The third-order valence-electron chi connectivity index (χ3n) is 6.32. The second-order valence-electron chi connectivity index (χ2n) is 10.2. The SMILES string of the molecule is CN(C(=O)C[C@@H]1C(=O)NCCN1Cc1cccc(F)c1F)C1CC(C)(C)NC(C)(C)C1. The lowest BCUT2D eigenvalue weighted by atomic mass is 9.79. The summed E-state index contributed by atoms with van der Waals surface area (Å²) in [6.07, 6.45) is 1.63. The van der Waals surface area contributed by atoms with Crippen LogP contribution in [0.2, 0.25) is 0 Å². The molecule has 2 saturated heterocycles. The molecule has 2 aliphatic rings. The number of carbonyl (C=O) groups excluding carboxylic acids is 2. The Labute approximate surface area is 183 Å². The zero-order valence-corrected chi connectivity index (χ0v) is 19.1. The van der Waals surface area contributed by atoms with Gasteiger partial charge in [0.15, 0.2) is 11.6 Å². The Hall–Kier alpha value is -2.06. The lowest BCUT2D eigenvalue weighted by Gasteiger charge is -2.49. The lowest BCUT2D eigenvalue weighted by molar-refractivity contribution is -0.140. The zero-order chi connectivity index (χ0) is 23.0. The quantitative estimate of drug-likeness (QED) is 0.744. The van der Waals surface area contributed by atoms with Gasteiger partial charge in [-0.05, 0) is 46.6 Å². The van der Waals surface area contributed by atoms with Gasteiger partial charge in [0.2, 0.25) is 11.8 Å². The van der Waals surface area contributed by atoms with Crippen LogP contribution in [-0.4, -0.2) is 64.9 Å². The van der Waals surface area contributed by atoms with E-state index >= 15 is 0 Å². The summed E-state index contributed by atoms with van der Waals surface area (Å²) in [6.45, 7) is 9.47. The molecule has 0 unspecified atom stereocenters. The Kier molecular flexibility index (Phi) is 6.72. The molecule has 31 heavy (non-hydrogen) atoms. The smallest absolute Gasteiger partial charge is 0.237 e. The number of nitrogens with one attached hydrogen (secondary N) is 2. The molecule has 2 amide bonds. The van der Waals surface area contributed by atoms with Crippen LogP contribution in [0.25, 0.3) is 0 Å². The molecule has 6 nitrogen and oxygen atoms in total. The molecule has 1 atom stereocenters. The van der Waals surface area contributed by atoms with E-state index in [1.807, 2.05) is 0 Å². The monoisotopic (exact) mass is 436 g/mol. The van der Waals surface area contributed by atoms with Crippen LogP contribution < -0.4 is 10.6 Å². The number of piperidine rings is 1. The standard InChI is InChI=1S/C23H34F2N4O2/c1-22(2)12-16(13-23(3,4)27-22)28(5)19(30)11-18-21(31)26-9-10-29(18)14-15-7-6-8-17(24)20(15)25/h6-8,16,18,27H,9-14H2,1-5H3,(H,26,31)/t18-/m1/s1. The Balaban J connectivity index is 1.72. The molecule has 2 heterocycles. The molecular formula is C23H34F2N4O2. The zero-order valence-electron chi connectivity index (χ0n) is 19.1. The van der Waals surface area contributed by atoms with Gasteiger partial charge >= 0.3 is 0 Å². The van der Waals surface area contributed by atoms with E-state index < -0.39 is 17.7 Å². The van der Waals surface area contributed by atoms with Gasteiger partial charge in [0.25, 0.3) is 0 Å². The van der Waals surface area contributed by atoms with Gasteiger partial charge in [-0.2, -0.15) is 0 Å². The van der Waals surface area contributed by atoms with Crippen LogP contribution in [0.5, 0.6) is 0 Å². The minimum Gasteiger partial charge on any atom is -0.353 e. The highest BCUT2D eigenvalue weighted by Gasteiger charge is 2.41. The molecule has 0 radical (unpaired) electrons. The molecule has 2 aliphatic heterocycles.